The van der Waals surface area contributed by atoms with Gasteiger partial charge in [0.05, 0.1) is 22.4 Å². The Hall–Kier alpha value is -5.08. The first-order chi connectivity index (χ1) is 21.3. The van der Waals surface area contributed by atoms with Gasteiger partial charge in [-0.2, -0.15) is 0 Å². The summed E-state index contributed by atoms with van der Waals surface area (Å²) in [4.78, 5) is 11.0. The number of rotatable bonds is 4. The molecule has 0 aliphatic rings. The molecular formula is C42H36N2. The molecule has 2 heterocycles. The molecule has 0 spiro atoms. The average Bonchev–Trinajstić information content (AvgIpc) is 3.00. The smallest absolute Gasteiger partial charge is 0.0978 e. The zero-order chi connectivity index (χ0) is 30.5. The molecule has 0 saturated carbocycles. The van der Waals surface area contributed by atoms with Gasteiger partial charge in [-0.05, 0) is 98.2 Å². The van der Waals surface area contributed by atoms with Crippen LogP contribution in [0, 0.1) is 41.5 Å². The Kier molecular flexibility index (Phi) is 6.86. The summed E-state index contributed by atoms with van der Waals surface area (Å²) in [5.41, 5.74) is 18.4. The van der Waals surface area contributed by atoms with Crippen LogP contribution in [0.5, 0.6) is 0 Å². The number of hydrogen-bond donors (Lipinski definition) is 0. The molecule has 44 heavy (non-hydrogen) atoms. The molecule has 0 fully saturated rings. The maximum Gasteiger partial charge on any atom is 0.0978 e. The van der Waals surface area contributed by atoms with Crippen LogP contribution in [-0.2, 0) is 0 Å². The number of hydrogen-bond acceptors (Lipinski definition) is 2. The van der Waals surface area contributed by atoms with Gasteiger partial charge in [0.15, 0.2) is 0 Å². The topological polar surface area (TPSA) is 25.8 Å². The predicted octanol–water partition coefficient (Wildman–Crippen LogP) is 11.3. The minimum atomic E-state index is 0.930. The summed E-state index contributed by atoms with van der Waals surface area (Å²) in [6.45, 7) is 13.1. The largest absolute Gasteiger partial charge is 0.245 e. The van der Waals surface area contributed by atoms with Crippen LogP contribution < -0.4 is 0 Å². The van der Waals surface area contributed by atoms with Gasteiger partial charge in [0.2, 0.25) is 0 Å². The number of aromatic nitrogens is 2. The third-order valence-electron chi connectivity index (χ3n) is 8.79. The first-order valence-electron chi connectivity index (χ1n) is 15.3. The van der Waals surface area contributed by atoms with Crippen molar-refractivity contribution in [3.8, 4) is 44.8 Å². The van der Waals surface area contributed by atoms with Gasteiger partial charge in [-0.1, -0.05) is 108 Å². The molecule has 5 aromatic carbocycles. The highest BCUT2D eigenvalue weighted by Gasteiger charge is 2.19. The number of pyridine rings is 2. The van der Waals surface area contributed by atoms with Gasteiger partial charge in [0, 0.05) is 21.9 Å². The summed E-state index contributed by atoms with van der Waals surface area (Å²) in [6, 6.07) is 39.4. The second-order valence-electron chi connectivity index (χ2n) is 12.2. The monoisotopic (exact) mass is 568 g/mol. The third-order valence-corrected chi connectivity index (χ3v) is 8.79. The minimum absolute atomic E-state index is 0.930. The average molecular weight is 569 g/mol. The summed E-state index contributed by atoms with van der Waals surface area (Å²) in [6.07, 6.45) is 0. The Morgan fingerprint density at radius 2 is 0.727 bits per heavy atom. The molecular weight excluding hydrogens is 532 g/mol. The molecule has 0 amide bonds. The lowest BCUT2D eigenvalue weighted by atomic mass is 9.91. The maximum absolute atomic E-state index is 5.48. The quantitative estimate of drug-likeness (QED) is 0.197. The van der Waals surface area contributed by atoms with E-state index in [1.165, 1.54) is 66.8 Å². The summed E-state index contributed by atoms with van der Waals surface area (Å²) >= 11 is 0. The van der Waals surface area contributed by atoms with E-state index in [0.29, 0.717) is 0 Å². The van der Waals surface area contributed by atoms with E-state index >= 15 is 0 Å². The van der Waals surface area contributed by atoms with Gasteiger partial charge in [0.25, 0.3) is 0 Å². The summed E-state index contributed by atoms with van der Waals surface area (Å²) in [7, 11) is 0. The van der Waals surface area contributed by atoms with E-state index in [2.05, 4.69) is 151 Å². The van der Waals surface area contributed by atoms with Crippen LogP contribution in [0.4, 0.5) is 0 Å². The maximum atomic E-state index is 5.48. The van der Waals surface area contributed by atoms with Crippen molar-refractivity contribution in [3.63, 3.8) is 0 Å². The highest BCUT2D eigenvalue weighted by molar-refractivity contribution is 6.13. The molecule has 0 aliphatic heterocycles. The molecule has 0 saturated heterocycles. The van der Waals surface area contributed by atoms with Crippen LogP contribution in [-0.4, -0.2) is 9.97 Å². The van der Waals surface area contributed by atoms with Crippen molar-refractivity contribution in [2.24, 2.45) is 0 Å². The van der Waals surface area contributed by atoms with Crippen LogP contribution in [0.25, 0.3) is 66.6 Å². The highest BCUT2D eigenvalue weighted by atomic mass is 14.8. The van der Waals surface area contributed by atoms with E-state index < -0.39 is 0 Å². The molecule has 0 bridgehead atoms. The first kappa shape index (κ1) is 27.7. The van der Waals surface area contributed by atoms with Crippen LogP contribution >= 0.6 is 0 Å². The summed E-state index contributed by atoms with van der Waals surface area (Å²) < 4.78 is 0. The molecule has 7 aromatic rings. The molecule has 2 aromatic heterocycles. The van der Waals surface area contributed by atoms with Crippen LogP contribution in [0.3, 0.4) is 0 Å². The van der Waals surface area contributed by atoms with Crippen LogP contribution in [0.15, 0.2) is 109 Å². The van der Waals surface area contributed by atoms with Gasteiger partial charge in [-0.15, -0.1) is 0 Å². The number of fused-ring (bicyclic) bond motifs is 3. The van der Waals surface area contributed by atoms with E-state index in [4.69, 9.17) is 9.97 Å². The second-order valence-corrected chi connectivity index (χ2v) is 12.2. The molecule has 0 atom stereocenters. The van der Waals surface area contributed by atoms with Crippen molar-refractivity contribution >= 4 is 21.8 Å². The standard InChI is InChI=1S/C42H36N2/c1-25-19-27(3)39(28(4)20-25)37-23-35(31-13-9-7-10-14-31)33-17-18-34-36(32-15-11-8-12-16-32)24-38(44-42(34)41(33)43-37)40-29(5)21-26(2)22-30(40)6/h7-24H,1-6H3. The number of benzene rings is 5. The Bertz CT molecular complexity index is 2000. The number of aryl methyl sites for hydroxylation is 6. The van der Waals surface area contributed by atoms with E-state index in [1.807, 2.05) is 0 Å². The van der Waals surface area contributed by atoms with Gasteiger partial charge < -0.3 is 0 Å². The fraction of sp³-hybridized carbons (Fsp3) is 0.143. The fourth-order valence-electron chi connectivity index (χ4n) is 7.11. The predicted molar refractivity (Wildman–Crippen MR) is 187 cm³/mol. The fourth-order valence-corrected chi connectivity index (χ4v) is 7.11. The van der Waals surface area contributed by atoms with Crippen molar-refractivity contribution in [1.29, 1.82) is 0 Å². The van der Waals surface area contributed by atoms with Gasteiger partial charge in [0.1, 0.15) is 0 Å². The molecule has 0 aliphatic carbocycles. The van der Waals surface area contributed by atoms with Gasteiger partial charge >= 0.3 is 0 Å². The van der Waals surface area contributed by atoms with Gasteiger partial charge in [-0.25, -0.2) is 9.97 Å². The SMILES string of the molecule is Cc1cc(C)c(-c2cc(-c3ccccc3)c3ccc4c(-c5ccccc5)cc(-c5c(C)cc(C)cc5C)nc4c3n2)c(C)c1. The lowest BCUT2D eigenvalue weighted by Gasteiger charge is -2.18. The van der Waals surface area contributed by atoms with E-state index in [-0.39, 0.29) is 0 Å². The number of nitrogens with zero attached hydrogens (tertiary/aromatic N) is 2. The summed E-state index contributed by atoms with van der Waals surface area (Å²) in [5, 5.41) is 2.21. The third kappa shape index (κ3) is 4.77. The zero-order valence-electron chi connectivity index (χ0n) is 26.3. The minimum Gasteiger partial charge on any atom is -0.245 e. The Labute approximate surface area is 260 Å². The lowest BCUT2D eigenvalue weighted by Crippen LogP contribution is -1.99. The summed E-state index contributed by atoms with van der Waals surface area (Å²) in [5.74, 6) is 0. The van der Waals surface area contributed by atoms with Crippen molar-refractivity contribution in [1.82, 2.24) is 9.97 Å². The lowest BCUT2D eigenvalue weighted by molar-refractivity contribution is 1.27. The van der Waals surface area contributed by atoms with Crippen molar-refractivity contribution < 1.29 is 0 Å². The van der Waals surface area contributed by atoms with Gasteiger partial charge in [-0.3, -0.25) is 0 Å². The normalized spacial score (nSPS) is 11.4. The molecule has 0 radical (unpaired) electrons. The molecule has 2 nitrogen and oxygen atoms in total. The van der Waals surface area contributed by atoms with Crippen molar-refractivity contribution in [3.05, 3.63) is 143 Å². The van der Waals surface area contributed by atoms with Crippen molar-refractivity contribution in [2.75, 3.05) is 0 Å². The van der Waals surface area contributed by atoms with Crippen LogP contribution in [0.2, 0.25) is 0 Å². The van der Waals surface area contributed by atoms with Crippen LogP contribution in [0.1, 0.15) is 33.4 Å². The first-order valence-corrected chi connectivity index (χ1v) is 15.3. The molecule has 2 heteroatoms. The Morgan fingerprint density at radius 3 is 1.07 bits per heavy atom. The molecule has 0 unspecified atom stereocenters. The molecule has 214 valence electrons. The second kappa shape index (κ2) is 10.9. The highest BCUT2D eigenvalue weighted by Crippen LogP contribution is 2.41. The van der Waals surface area contributed by atoms with Crippen molar-refractivity contribution in [2.45, 2.75) is 41.5 Å². The Morgan fingerprint density at radius 1 is 0.386 bits per heavy atom. The van der Waals surface area contributed by atoms with E-state index in [1.54, 1.807) is 0 Å². The van der Waals surface area contributed by atoms with E-state index in [0.717, 1.165) is 33.2 Å². The Balaban J connectivity index is 1.65. The van der Waals surface area contributed by atoms with E-state index in [9.17, 15) is 0 Å². The molecule has 7 rings (SSSR count). The zero-order valence-corrected chi connectivity index (χ0v) is 26.3. The molecule has 0 N–H and O–H groups in total.